The molecule has 8 nitrogen and oxygen atoms in total. The van der Waals surface area contributed by atoms with Gasteiger partial charge in [-0.15, -0.1) is 11.3 Å². The van der Waals surface area contributed by atoms with Crippen molar-refractivity contribution < 1.29 is 28.2 Å². The minimum Gasteiger partial charge on any atom is -0.478 e. The third-order valence-corrected chi connectivity index (χ3v) is 7.17. The molecule has 40 heavy (non-hydrogen) atoms. The van der Waals surface area contributed by atoms with Crippen LogP contribution in [0.15, 0.2) is 60.7 Å². The summed E-state index contributed by atoms with van der Waals surface area (Å²) in [6.07, 6.45) is -0.0219. The lowest BCUT2D eigenvalue weighted by molar-refractivity contribution is 0.0697. The molecule has 3 aromatic heterocycles. The second-order valence-corrected chi connectivity index (χ2v) is 9.98. The van der Waals surface area contributed by atoms with Crippen LogP contribution in [0.4, 0.5) is 8.78 Å². The van der Waals surface area contributed by atoms with Crippen molar-refractivity contribution in [3.8, 4) is 23.2 Å². The van der Waals surface area contributed by atoms with Gasteiger partial charge < -0.3 is 19.1 Å². The third kappa shape index (κ3) is 5.68. The summed E-state index contributed by atoms with van der Waals surface area (Å²) < 4.78 is 43.3. The van der Waals surface area contributed by atoms with Crippen LogP contribution in [0.3, 0.4) is 0 Å². The monoisotopic (exact) mass is 560 g/mol. The van der Waals surface area contributed by atoms with Crippen molar-refractivity contribution in [1.82, 2.24) is 14.5 Å². The number of halogens is 2. The van der Waals surface area contributed by atoms with Gasteiger partial charge in [-0.25, -0.2) is 23.5 Å². The molecule has 1 N–H and O–H groups in total. The Morgan fingerprint density at radius 1 is 1.10 bits per heavy atom. The maximum absolute atomic E-state index is 15.3. The third-order valence-electron chi connectivity index (χ3n) is 6.21. The molecule has 0 aliphatic heterocycles. The Hall–Kier alpha value is -4.66. The summed E-state index contributed by atoms with van der Waals surface area (Å²) in [5, 5.41) is 18.4. The zero-order chi connectivity index (χ0) is 28.2. The average molecular weight is 561 g/mol. The number of nitrogens with zero attached hydrogens (tertiary/aromatic N) is 4. The van der Waals surface area contributed by atoms with Gasteiger partial charge in [0.05, 0.1) is 28.9 Å². The van der Waals surface area contributed by atoms with Gasteiger partial charge in [0.2, 0.25) is 5.88 Å². The van der Waals surface area contributed by atoms with E-state index < -0.39 is 17.6 Å². The number of aromatic nitrogens is 3. The fourth-order valence-electron chi connectivity index (χ4n) is 4.27. The van der Waals surface area contributed by atoms with Crippen molar-refractivity contribution >= 4 is 28.3 Å². The molecule has 5 rings (SSSR count). The van der Waals surface area contributed by atoms with Crippen LogP contribution in [-0.4, -0.2) is 39.3 Å². The molecule has 2 aromatic carbocycles. The lowest BCUT2D eigenvalue weighted by Gasteiger charge is -2.12. The van der Waals surface area contributed by atoms with E-state index in [4.69, 9.17) is 14.7 Å². The molecule has 0 radical (unpaired) electrons. The smallest absolute Gasteiger partial charge is 0.335 e. The molecular formula is C29H22F2N4O4S. The summed E-state index contributed by atoms with van der Waals surface area (Å²) in [5.41, 5.74) is 1.48. The summed E-state index contributed by atoms with van der Waals surface area (Å²) in [6.45, 7) is 0.867. The van der Waals surface area contributed by atoms with E-state index >= 15 is 8.78 Å². The van der Waals surface area contributed by atoms with Crippen LogP contribution in [0.2, 0.25) is 0 Å². The van der Waals surface area contributed by atoms with E-state index in [1.807, 2.05) is 0 Å². The van der Waals surface area contributed by atoms with Gasteiger partial charge in [0, 0.05) is 36.6 Å². The van der Waals surface area contributed by atoms with Crippen LogP contribution in [0.5, 0.6) is 5.88 Å². The first-order valence-electron chi connectivity index (χ1n) is 12.1. The van der Waals surface area contributed by atoms with Crippen LogP contribution in [0.1, 0.15) is 31.5 Å². The maximum Gasteiger partial charge on any atom is 0.335 e. The largest absolute Gasteiger partial charge is 0.478 e. The molecule has 0 saturated heterocycles. The summed E-state index contributed by atoms with van der Waals surface area (Å²) in [6, 6.07) is 17.1. The molecule has 0 spiro atoms. The van der Waals surface area contributed by atoms with Gasteiger partial charge in [-0.05, 0) is 54.1 Å². The predicted octanol–water partition coefficient (Wildman–Crippen LogP) is 5.82. The summed E-state index contributed by atoms with van der Waals surface area (Å²) >= 11 is 1.30. The van der Waals surface area contributed by atoms with E-state index in [-0.39, 0.29) is 41.3 Å². The van der Waals surface area contributed by atoms with Gasteiger partial charge in [0.15, 0.2) is 0 Å². The number of pyridine rings is 1. The van der Waals surface area contributed by atoms with Crippen LogP contribution >= 0.6 is 11.3 Å². The number of hydrogen-bond acceptors (Lipinski definition) is 7. The molecule has 0 aliphatic rings. The lowest BCUT2D eigenvalue weighted by atomic mass is 10.0. The summed E-state index contributed by atoms with van der Waals surface area (Å²) in [5.74, 6) is -1.69. The number of thiophene rings is 1. The van der Waals surface area contributed by atoms with Gasteiger partial charge in [-0.3, -0.25) is 0 Å². The Morgan fingerprint density at radius 3 is 2.70 bits per heavy atom. The molecule has 0 saturated carbocycles. The first-order valence-corrected chi connectivity index (χ1v) is 13.0. The number of methoxy groups -OCH3 is 1. The van der Waals surface area contributed by atoms with Gasteiger partial charge in [0.1, 0.15) is 35.0 Å². The Kier molecular flexibility index (Phi) is 7.82. The van der Waals surface area contributed by atoms with Crippen molar-refractivity contribution in [3.63, 3.8) is 0 Å². The second kappa shape index (κ2) is 11.6. The van der Waals surface area contributed by atoms with E-state index in [2.05, 4.69) is 16.0 Å². The number of hydrogen-bond donors (Lipinski definition) is 1. The van der Waals surface area contributed by atoms with Crippen LogP contribution in [0.25, 0.3) is 22.3 Å². The standard InChI is InChI=1S/C29H22F2N4O4S/c1-38-10-9-35-26-12-17(29(36)37)5-8-25(26)33-27(35)13-18-11-23(31)21(14-22(18)30)24-3-2-4-28(34-24)39-16-20-7-6-19(15-32)40-20/h2-8,11-12,14H,9-10,13,16H2,1H3,(H,36,37). The normalized spacial score (nSPS) is 11.1. The Bertz CT molecular complexity index is 1760. The fraction of sp³-hybridized carbons (Fsp3) is 0.172. The van der Waals surface area contributed by atoms with Gasteiger partial charge in [-0.1, -0.05) is 6.07 Å². The van der Waals surface area contributed by atoms with Crippen molar-refractivity contribution in [2.75, 3.05) is 13.7 Å². The SMILES string of the molecule is COCCn1c(Cc2cc(F)c(-c3cccc(OCc4ccc(C#N)s4)n3)cc2F)nc2ccc(C(=O)O)cc21. The summed E-state index contributed by atoms with van der Waals surface area (Å²) in [7, 11) is 1.54. The Balaban J connectivity index is 1.41. The number of carboxylic acid groups (broad SMARTS) is 1. The number of ether oxygens (including phenoxy) is 2. The molecule has 0 amide bonds. The number of carbonyl (C=O) groups is 1. The molecule has 0 fully saturated rings. The van der Waals surface area contributed by atoms with E-state index in [9.17, 15) is 9.90 Å². The second-order valence-electron chi connectivity index (χ2n) is 8.81. The highest BCUT2D eigenvalue weighted by atomic mass is 32.1. The number of carboxylic acids is 1. The molecule has 5 aromatic rings. The number of imidazole rings is 1. The number of aromatic carboxylic acids is 1. The predicted molar refractivity (Wildman–Crippen MR) is 144 cm³/mol. The Labute approximate surface area is 231 Å². The van der Waals surface area contributed by atoms with Crippen LogP contribution in [-0.2, 0) is 24.3 Å². The topological polar surface area (TPSA) is 110 Å². The van der Waals surface area contributed by atoms with E-state index in [1.165, 1.54) is 30.6 Å². The lowest BCUT2D eigenvalue weighted by Crippen LogP contribution is -2.10. The highest BCUT2D eigenvalue weighted by molar-refractivity contribution is 7.12. The average Bonchev–Trinajstić information content (AvgIpc) is 3.56. The minimum atomic E-state index is -1.07. The highest BCUT2D eigenvalue weighted by Gasteiger charge is 2.18. The van der Waals surface area contributed by atoms with Crippen molar-refractivity contribution in [2.24, 2.45) is 0 Å². The number of benzene rings is 2. The van der Waals surface area contributed by atoms with Gasteiger partial charge in [-0.2, -0.15) is 5.26 Å². The highest BCUT2D eigenvalue weighted by Crippen LogP contribution is 2.28. The maximum atomic E-state index is 15.3. The molecule has 3 heterocycles. The quantitative estimate of drug-likeness (QED) is 0.229. The zero-order valence-corrected chi connectivity index (χ0v) is 22.0. The van der Waals surface area contributed by atoms with E-state index in [0.29, 0.717) is 34.9 Å². The first-order chi connectivity index (χ1) is 19.4. The van der Waals surface area contributed by atoms with Crippen molar-refractivity contribution in [3.05, 3.63) is 99.0 Å². The minimum absolute atomic E-state index is 0.0198. The molecular weight excluding hydrogens is 538 g/mol. The van der Waals surface area contributed by atoms with Crippen LogP contribution in [0, 0.1) is 23.0 Å². The fourth-order valence-corrected chi connectivity index (χ4v) is 4.99. The molecule has 11 heteroatoms. The van der Waals surface area contributed by atoms with E-state index in [0.717, 1.165) is 17.0 Å². The van der Waals surface area contributed by atoms with Gasteiger partial charge >= 0.3 is 5.97 Å². The van der Waals surface area contributed by atoms with Crippen molar-refractivity contribution in [2.45, 2.75) is 19.6 Å². The van der Waals surface area contributed by atoms with E-state index in [1.54, 1.807) is 41.0 Å². The molecule has 202 valence electrons. The first kappa shape index (κ1) is 26.9. The number of nitriles is 1. The summed E-state index contributed by atoms with van der Waals surface area (Å²) in [4.78, 5) is 21.8. The van der Waals surface area contributed by atoms with Gasteiger partial charge in [0.25, 0.3) is 0 Å². The zero-order valence-electron chi connectivity index (χ0n) is 21.2. The molecule has 0 aliphatic carbocycles. The molecule has 0 atom stereocenters. The van der Waals surface area contributed by atoms with Crippen molar-refractivity contribution in [1.29, 1.82) is 5.26 Å². The van der Waals surface area contributed by atoms with Crippen LogP contribution < -0.4 is 4.74 Å². The molecule has 0 bridgehead atoms. The number of fused-ring (bicyclic) bond motifs is 1. The molecule has 0 unspecified atom stereocenters. The Morgan fingerprint density at radius 2 is 1.95 bits per heavy atom. The number of rotatable bonds is 10.